The molecule has 0 aliphatic carbocycles. The first kappa shape index (κ1) is 23.2. The summed E-state index contributed by atoms with van der Waals surface area (Å²) in [5.41, 5.74) is 6.26. The van der Waals surface area contributed by atoms with Gasteiger partial charge < -0.3 is 20.3 Å². The van der Waals surface area contributed by atoms with Crippen LogP contribution in [0.4, 0.5) is 19.7 Å². The van der Waals surface area contributed by atoms with Crippen LogP contribution in [0.2, 0.25) is 5.02 Å². The third-order valence-electron chi connectivity index (χ3n) is 5.95. The number of benzene rings is 2. The molecule has 35 heavy (non-hydrogen) atoms. The Bertz CT molecular complexity index is 1500. The highest BCUT2D eigenvalue weighted by Gasteiger charge is 2.29. The summed E-state index contributed by atoms with van der Waals surface area (Å²) in [5, 5.41) is 0.434. The number of nitrogens with two attached hydrogens (primary N) is 1. The number of piperazine rings is 1. The molecular formula is C23H19ClF2N6O2S. The quantitative estimate of drug-likeness (QED) is 0.405. The fourth-order valence-electron chi connectivity index (χ4n) is 4.32. The topological polar surface area (TPSA) is 97.5 Å². The number of hydrogen-bond donors (Lipinski definition) is 1. The van der Waals surface area contributed by atoms with Gasteiger partial charge in [-0.15, -0.1) is 0 Å². The van der Waals surface area contributed by atoms with Gasteiger partial charge in [-0.05, 0) is 18.2 Å². The van der Waals surface area contributed by atoms with E-state index in [1.807, 2.05) is 4.90 Å². The molecule has 2 aromatic carbocycles. The van der Waals surface area contributed by atoms with Gasteiger partial charge >= 0.3 is 0 Å². The van der Waals surface area contributed by atoms with Crippen molar-refractivity contribution in [3.63, 3.8) is 0 Å². The maximum atomic E-state index is 16.1. The van der Waals surface area contributed by atoms with Crippen molar-refractivity contribution in [1.29, 1.82) is 0 Å². The van der Waals surface area contributed by atoms with Crippen LogP contribution in [0.1, 0.15) is 0 Å². The van der Waals surface area contributed by atoms with Crippen LogP contribution < -0.4 is 15.4 Å². The zero-order valence-electron chi connectivity index (χ0n) is 18.5. The highest BCUT2D eigenvalue weighted by atomic mass is 35.5. The molecule has 5 rings (SSSR count). The van der Waals surface area contributed by atoms with Gasteiger partial charge in [-0.3, -0.25) is 4.79 Å². The molecule has 0 radical (unpaired) electrons. The van der Waals surface area contributed by atoms with Crippen LogP contribution in [-0.4, -0.2) is 59.0 Å². The molecule has 0 unspecified atom stereocenters. The Morgan fingerprint density at radius 2 is 1.97 bits per heavy atom. The van der Waals surface area contributed by atoms with Gasteiger partial charge in [0.15, 0.2) is 16.7 Å². The first-order chi connectivity index (χ1) is 16.8. The standard InChI is InChI=1S/C23H19ClF2N6O2S/c1-3-13(33)31-6-8-32(9-7-31)22-15-19(28-10-29-22)17(26)14(16(24)20(15)34-2)11-4-5-12(25)21-18(11)30-23(27)35-21/h3-5,10H,1,6-9H2,2H3,(H2,27,30). The Balaban J connectivity index is 1.69. The maximum absolute atomic E-state index is 16.1. The molecule has 1 amide bonds. The van der Waals surface area contributed by atoms with Gasteiger partial charge in [0, 0.05) is 37.3 Å². The maximum Gasteiger partial charge on any atom is 0.246 e. The largest absolute Gasteiger partial charge is 0.494 e. The highest BCUT2D eigenvalue weighted by Crippen LogP contribution is 2.47. The Morgan fingerprint density at radius 3 is 2.66 bits per heavy atom. The van der Waals surface area contributed by atoms with Crippen LogP contribution in [0.15, 0.2) is 31.1 Å². The third-order valence-corrected chi connectivity index (χ3v) is 7.21. The lowest BCUT2D eigenvalue weighted by molar-refractivity contribution is -0.126. The van der Waals surface area contributed by atoms with Gasteiger partial charge in [-0.2, -0.15) is 0 Å². The lowest BCUT2D eigenvalue weighted by Gasteiger charge is -2.35. The number of carbonyl (C=O) groups is 1. The highest BCUT2D eigenvalue weighted by molar-refractivity contribution is 7.22. The molecule has 0 saturated carbocycles. The van der Waals surface area contributed by atoms with Crippen molar-refractivity contribution in [1.82, 2.24) is 19.9 Å². The fourth-order valence-corrected chi connectivity index (χ4v) is 5.44. The van der Waals surface area contributed by atoms with Crippen molar-refractivity contribution in [2.75, 3.05) is 43.9 Å². The Hall–Kier alpha value is -3.57. The molecule has 2 aromatic heterocycles. The number of nitrogens with zero attached hydrogens (tertiary/aromatic N) is 5. The molecule has 0 atom stereocenters. The number of amides is 1. The van der Waals surface area contributed by atoms with Crippen LogP contribution >= 0.6 is 22.9 Å². The van der Waals surface area contributed by atoms with Crippen molar-refractivity contribution in [2.24, 2.45) is 0 Å². The molecule has 4 aromatic rings. The number of hydrogen-bond acceptors (Lipinski definition) is 8. The number of fused-ring (bicyclic) bond motifs is 2. The van der Waals surface area contributed by atoms with Crippen molar-refractivity contribution in [3.8, 4) is 16.9 Å². The molecule has 1 fully saturated rings. The fraction of sp³-hybridized carbons (Fsp3) is 0.217. The van der Waals surface area contributed by atoms with Crippen LogP contribution in [0.5, 0.6) is 5.75 Å². The molecule has 12 heteroatoms. The average Bonchev–Trinajstić information content (AvgIpc) is 3.27. The number of methoxy groups -OCH3 is 1. The van der Waals surface area contributed by atoms with Crippen LogP contribution in [0.3, 0.4) is 0 Å². The minimum Gasteiger partial charge on any atom is -0.494 e. The van der Waals surface area contributed by atoms with Crippen molar-refractivity contribution in [3.05, 3.63) is 47.8 Å². The van der Waals surface area contributed by atoms with Gasteiger partial charge in [0.05, 0.1) is 27.7 Å². The monoisotopic (exact) mass is 516 g/mol. The van der Waals surface area contributed by atoms with Crippen molar-refractivity contribution < 1.29 is 18.3 Å². The van der Waals surface area contributed by atoms with Crippen LogP contribution in [0, 0.1) is 11.6 Å². The lowest BCUT2D eigenvalue weighted by Crippen LogP contribution is -2.48. The van der Waals surface area contributed by atoms with E-state index in [4.69, 9.17) is 22.1 Å². The smallest absolute Gasteiger partial charge is 0.246 e. The number of anilines is 2. The molecule has 0 spiro atoms. The third kappa shape index (κ3) is 3.71. The normalized spacial score (nSPS) is 14.1. The molecule has 1 saturated heterocycles. The second-order valence-corrected chi connectivity index (χ2v) is 9.21. The Morgan fingerprint density at radius 1 is 1.23 bits per heavy atom. The molecule has 8 nitrogen and oxygen atoms in total. The average molecular weight is 517 g/mol. The summed E-state index contributed by atoms with van der Waals surface area (Å²) >= 11 is 7.68. The molecule has 0 bridgehead atoms. The van der Waals surface area contributed by atoms with E-state index in [9.17, 15) is 9.18 Å². The van der Waals surface area contributed by atoms with E-state index in [-0.39, 0.29) is 48.7 Å². The second kappa shape index (κ2) is 8.90. The van der Waals surface area contributed by atoms with Crippen molar-refractivity contribution in [2.45, 2.75) is 0 Å². The summed E-state index contributed by atoms with van der Waals surface area (Å²) in [4.78, 5) is 28.3. The van der Waals surface area contributed by atoms with E-state index in [0.717, 1.165) is 11.3 Å². The SMILES string of the molecule is C=CC(=O)N1CCN(c2ncnc3c(F)c(-c4ccc(F)c5sc(N)nc45)c(Cl)c(OC)c23)CC1. The predicted molar refractivity (Wildman–Crippen MR) is 133 cm³/mol. The predicted octanol–water partition coefficient (Wildman–Crippen LogP) is 4.26. The first-order valence-electron chi connectivity index (χ1n) is 10.6. The van der Waals surface area contributed by atoms with E-state index in [2.05, 4.69) is 21.5 Å². The number of nitrogen functional groups attached to an aromatic ring is 1. The van der Waals surface area contributed by atoms with Crippen molar-refractivity contribution >= 4 is 60.9 Å². The molecule has 3 heterocycles. The summed E-state index contributed by atoms with van der Waals surface area (Å²) in [6, 6.07) is 2.63. The molecule has 180 valence electrons. The van der Waals surface area contributed by atoms with Crippen LogP contribution in [0.25, 0.3) is 32.2 Å². The van der Waals surface area contributed by atoms with E-state index in [0.29, 0.717) is 37.4 Å². The Kier molecular flexibility index (Phi) is 5.89. The van der Waals surface area contributed by atoms with E-state index >= 15 is 4.39 Å². The summed E-state index contributed by atoms with van der Waals surface area (Å²) in [6.07, 6.45) is 2.54. The zero-order valence-corrected chi connectivity index (χ0v) is 20.1. The van der Waals surface area contributed by atoms with Gasteiger partial charge in [0.1, 0.15) is 23.5 Å². The number of aromatic nitrogens is 3. The molecule has 1 aliphatic heterocycles. The van der Waals surface area contributed by atoms with E-state index in [1.54, 1.807) is 4.90 Å². The van der Waals surface area contributed by atoms with Crippen LogP contribution in [-0.2, 0) is 4.79 Å². The number of halogens is 3. The number of thiazole rings is 1. The number of ether oxygens (including phenoxy) is 1. The first-order valence-corrected chi connectivity index (χ1v) is 11.8. The van der Waals surface area contributed by atoms with Gasteiger partial charge in [-0.1, -0.05) is 29.5 Å². The summed E-state index contributed by atoms with van der Waals surface area (Å²) in [5.74, 6) is -0.761. The summed E-state index contributed by atoms with van der Waals surface area (Å²) in [7, 11) is 1.42. The van der Waals surface area contributed by atoms with E-state index < -0.39 is 11.6 Å². The minimum absolute atomic E-state index is 0.00322. The minimum atomic E-state index is -0.714. The lowest BCUT2D eigenvalue weighted by atomic mass is 10.00. The van der Waals surface area contributed by atoms with Gasteiger partial charge in [0.25, 0.3) is 0 Å². The Labute approximate surface area is 207 Å². The second-order valence-electron chi connectivity index (χ2n) is 7.80. The molecular weight excluding hydrogens is 498 g/mol. The number of rotatable bonds is 4. The zero-order chi connectivity index (χ0) is 24.9. The van der Waals surface area contributed by atoms with Gasteiger partial charge in [-0.25, -0.2) is 23.7 Å². The summed E-state index contributed by atoms with van der Waals surface area (Å²) in [6.45, 7) is 5.35. The van der Waals surface area contributed by atoms with E-state index in [1.165, 1.54) is 31.6 Å². The molecule has 1 aliphatic rings. The summed E-state index contributed by atoms with van der Waals surface area (Å²) < 4.78 is 36.3. The number of carbonyl (C=O) groups excluding carboxylic acids is 1. The molecule has 2 N–H and O–H groups in total. The van der Waals surface area contributed by atoms with Gasteiger partial charge in [0.2, 0.25) is 5.91 Å².